The molecule has 2 rings (SSSR count). The summed E-state index contributed by atoms with van der Waals surface area (Å²) in [4.78, 5) is 13.1. The van der Waals surface area contributed by atoms with Crippen LogP contribution >= 0.6 is 0 Å². The van der Waals surface area contributed by atoms with Gasteiger partial charge in [-0.05, 0) is 37.1 Å². The van der Waals surface area contributed by atoms with E-state index in [9.17, 15) is 4.79 Å². The van der Waals surface area contributed by atoms with E-state index < -0.39 is 0 Å². The Hall–Kier alpha value is -1.51. The maximum Gasteiger partial charge on any atom is 0.228 e. The van der Waals surface area contributed by atoms with Gasteiger partial charge in [-0.2, -0.15) is 0 Å². The summed E-state index contributed by atoms with van der Waals surface area (Å²) in [7, 11) is 0. The number of anilines is 2. The normalized spacial score (nSPS) is 15.6. The fraction of sp³-hybridized carbons (Fsp3) is 0.364. The number of nitrogens with zero attached hydrogens (tertiary/aromatic N) is 1. The highest BCUT2D eigenvalue weighted by molar-refractivity contribution is 6.00. The predicted molar refractivity (Wildman–Crippen MR) is 57.3 cm³/mol. The van der Waals surface area contributed by atoms with Gasteiger partial charge in [0.2, 0.25) is 5.91 Å². The van der Waals surface area contributed by atoms with Gasteiger partial charge in [0.05, 0.1) is 0 Å². The highest BCUT2D eigenvalue weighted by Gasteiger charge is 2.26. The number of carbonyl (C=O) groups excluding carboxylic acids is 1. The quantitative estimate of drug-likeness (QED) is 0.540. The Morgan fingerprint density at radius 2 is 2.00 bits per heavy atom. The second-order valence-electron chi connectivity index (χ2n) is 3.79. The van der Waals surface area contributed by atoms with Crippen molar-refractivity contribution in [1.29, 1.82) is 0 Å². The number of rotatable bonds is 1. The van der Waals surface area contributed by atoms with E-state index in [1.807, 2.05) is 30.9 Å². The zero-order valence-corrected chi connectivity index (χ0v) is 8.50. The number of aryl methyl sites for hydroxylation is 2. The number of benzene rings is 1. The molecule has 0 aliphatic carbocycles. The van der Waals surface area contributed by atoms with E-state index in [4.69, 9.17) is 5.73 Å². The molecule has 0 spiro atoms. The number of nitrogens with two attached hydrogens (primary N) is 1. The lowest BCUT2D eigenvalue weighted by molar-refractivity contribution is -0.122. The average Bonchev–Trinajstić information content (AvgIpc) is 2.12. The molecule has 74 valence electrons. The maximum atomic E-state index is 11.3. The van der Waals surface area contributed by atoms with Crippen molar-refractivity contribution in [2.24, 2.45) is 0 Å². The van der Waals surface area contributed by atoms with Gasteiger partial charge in [0.15, 0.2) is 0 Å². The van der Waals surface area contributed by atoms with Gasteiger partial charge >= 0.3 is 0 Å². The smallest absolute Gasteiger partial charge is 0.228 e. The first-order valence-electron chi connectivity index (χ1n) is 4.76. The van der Waals surface area contributed by atoms with Crippen molar-refractivity contribution in [2.45, 2.75) is 20.3 Å². The van der Waals surface area contributed by atoms with Crippen molar-refractivity contribution >= 4 is 17.3 Å². The zero-order valence-electron chi connectivity index (χ0n) is 8.50. The van der Waals surface area contributed by atoms with Gasteiger partial charge in [-0.25, -0.2) is 0 Å². The fourth-order valence-electron chi connectivity index (χ4n) is 1.68. The number of hydrogen-bond acceptors (Lipinski definition) is 2. The van der Waals surface area contributed by atoms with E-state index in [0.717, 1.165) is 29.0 Å². The zero-order chi connectivity index (χ0) is 10.3. The summed E-state index contributed by atoms with van der Waals surface area (Å²) >= 11 is 0. The molecule has 0 saturated carbocycles. The lowest BCUT2D eigenvalue weighted by Crippen LogP contribution is -2.43. The Kier molecular flexibility index (Phi) is 1.95. The summed E-state index contributed by atoms with van der Waals surface area (Å²) in [5.74, 6) is 0.206. The predicted octanol–water partition coefficient (Wildman–Crippen LogP) is 1.62. The summed E-state index contributed by atoms with van der Waals surface area (Å²) in [5, 5.41) is 0. The molecule has 1 saturated heterocycles. The van der Waals surface area contributed by atoms with Gasteiger partial charge in [-0.15, -0.1) is 0 Å². The van der Waals surface area contributed by atoms with Crippen molar-refractivity contribution in [3.63, 3.8) is 0 Å². The first-order chi connectivity index (χ1) is 6.59. The summed E-state index contributed by atoms with van der Waals surface area (Å²) in [6.07, 6.45) is 0.670. The number of nitrogen functional groups attached to an aromatic ring is 1. The lowest BCUT2D eigenvalue weighted by atomic mass is 10.0. The largest absolute Gasteiger partial charge is 0.399 e. The summed E-state index contributed by atoms with van der Waals surface area (Å²) in [6, 6.07) is 3.91. The number of β-lactam (4-membered cyclic amide) rings is 1. The second-order valence-corrected chi connectivity index (χ2v) is 3.79. The molecular weight excluding hydrogens is 176 g/mol. The van der Waals surface area contributed by atoms with Gasteiger partial charge in [0.25, 0.3) is 0 Å². The maximum absolute atomic E-state index is 11.3. The van der Waals surface area contributed by atoms with Crippen LogP contribution in [0.25, 0.3) is 0 Å². The molecule has 1 amide bonds. The number of hydrogen-bond donors (Lipinski definition) is 1. The van der Waals surface area contributed by atoms with Crippen LogP contribution in [0.5, 0.6) is 0 Å². The standard InChI is InChI=1S/C11H14N2O/c1-7-6-10(8(2)5-9(7)12)13-4-3-11(13)14/h5-6H,3-4,12H2,1-2H3. The minimum atomic E-state index is 0.206. The van der Waals surface area contributed by atoms with E-state index in [1.54, 1.807) is 0 Å². The monoisotopic (exact) mass is 190 g/mol. The molecule has 14 heavy (non-hydrogen) atoms. The van der Waals surface area contributed by atoms with Gasteiger partial charge in [-0.3, -0.25) is 4.79 Å². The molecule has 0 bridgehead atoms. The van der Waals surface area contributed by atoms with Crippen LogP contribution in [0.1, 0.15) is 17.5 Å². The van der Waals surface area contributed by atoms with Crippen LogP contribution in [0, 0.1) is 13.8 Å². The van der Waals surface area contributed by atoms with Crippen molar-refractivity contribution in [3.8, 4) is 0 Å². The van der Waals surface area contributed by atoms with E-state index in [0.29, 0.717) is 6.42 Å². The summed E-state index contributed by atoms with van der Waals surface area (Å²) in [5.41, 5.74) is 9.68. The molecule has 0 aromatic heterocycles. The van der Waals surface area contributed by atoms with Gasteiger partial charge in [0.1, 0.15) is 0 Å². The van der Waals surface area contributed by atoms with Crippen molar-refractivity contribution < 1.29 is 4.79 Å². The Morgan fingerprint density at radius 3 is 2.50 bits per heavy atom. The molecule has 0 radical (unpaired) electrons. The molecular formula is C11H14N2O. The minimum absolute atomic E-state index is 0.206. The SMILES string of the molecule is Cc1cc(N2CCC2=O)c(C)cc1N. The highest BCUT2D eigenvalue weighted by atomic mass is 16.2. The Bertz CT molecular complexity index is 399. The molecule has 3 heteroatoms. The van der Waals surface area contributed by atoms with Crippen LogP contribution in [0.3, 0.4) is 0 Å². The summed E-state index contributed by atoms with van der Waals surface area (Å²) in [6.45, 7) is 4.78. The molecule has 1 fully saturated rings. The molecule has 1 aromatic rings. The number of carbonyl (C=O) groups is 1. The molecule has 0 unspecified atom stereocenters. The first-order valence-corrected chi connectivity index (χ1v) is 4.76. The van der Waals surface area contributed by atoms with Crippen LogP contribution in [0.4, 0.5) is 11.4 Å². The Labute approximate surface area is 83.5 Å². The third kappa shape index (κ3) is 1.25. The van der Waals surface area contributed by atoms with Crippen LogP contribution in [-0.2, 0) is 4.79 Å². The minimum Gasteiger partial charge on any atom is -0.399 e. The van der Waals surface area contributed by atoms with Crippen molar-refractivity contribution in [1.82, 2.24) is 0 Å². The van der Waals surface area contributed by atoms with Crippen LogP contribution < -0.4 is 10.6 Å². The topological polar surface area (TPSA) is 46.3 Å². The van der Waals surface area contributed by atoms with Gasteiger partial charge in [-0.1, -0.05) is 0 Å². The third-order valence-electron chi connectivity index (χ3n) is 2.73. The Balaban J connectivity index is 2.43. The molecule has 3 nitrogen and oxygen atoms in total. The van der Waals surface area contributed by atoms with E-state index in [2.05, 4.69) is 0 Å². The molecule has 1 aliphatic rings. The first kappa shape index (κ1) is 9.06. The lowest BCUT2D eigenvalue weighted by Gasteiger charge is -2.32. The van der Waals surface area contributed by atoms with E-state index in [1.165, 1.54) is 0 Å². The van der Waals surface area contributed by atoms with E-state index >= 15 is 0 Å². The molecule has 1 aromatic carbocycles. The van der Waals surface area contributed by atoms with Gasteiger partial charge in [0, 0.05) is 24.3 Å². The fourth-order valence-corrected chi connectivity index (χ4v) is 1.68. The molecule has 2 N–H and O–H groups in total. The molecule has 1 heterocycles. The Morgan fingerprint density at radius 1 is 1.29 bits per heavy atom. The molecule has 1 aliphatic heterocycles. The molecule has 0 atom stereocenters. The highest BCUT2D eigenvalue weighted by Crippen LogP contribution is 2.29. The third-order valence-corrected chi connectivity index (χ3v) is 2.73. The second kappa shape index (κ2) is 3.01. The van der Waals surface area contributed by atoms with Crippen molar-refractivity contribution in [3.05, 3.63) is 23.3 Å². The van der Waals surface area contributed by atoms with Crippen LogP contribution in [-0.4, -0.2) is 12.5 Å². The van der Waals surface area contributed by atoms with E-state index in [-0.39, 0.29) is 5.91 Å². The number of amides is 1. The van der Waals surface area contributed by atoms with Crippen LogP contribution in [0.2, 0.25) is 0 Å². The van der Waals surface area contributed by atoms with Gasteiger partial charge < -0.3 is 10.6 Å². The summed E-state index contributed by atoms with van der Waals surface area (Å²) < 4.78 is 0. The van der Waals surface area contributed by atoms with Crippen LogP contribution in [0.15, 0.2) is 12.1 Å². The average molecular weight is 190 g/mol. The van der Waals surface area contributed by atoms with Crippen molar-refractivity contribution in [2.75, 3.05) is 17.2 Å².